The van der Waals surface area contributed by atoms with E-state index in [-0.39, 0.29) is 23.1 Å². The molecule has 3 aliphatic rings. The normalized spacial score (nSPS) is 26.3. The third kappa shape index (κ3) is 2.42. The van der Waals surface area contributed by atoms with Crippen LogP contribution in [0.15, 0.2) is 4.42 Å². The van der Waals surface area contributed by atoms with E-state index in [4.69, 9.17) is 4.42 Å². The highest BCUT2D eigenvalue weighted by Crippen LogP contribution is 2.64. The predicted octanol–water partition coefficient (Wildman–Crippen LogP) is 0.952. The molecule has 0 radical (unpaired) electrons. The van der Waals surface area contributed by atoms with Crippen molar-refractivity contribution >= 4 is 11.8 Å². The number of aryl methyl sites for hydroxylation is 1. The highest BCUT2D eigenvalue weighted by atomic mass is 16.4. The van der Waals surface area contributed by atoms with Gasteiger partial charge in [0, 0.05) is 45.9 Å². The molecule has 1 spiro atoms. The predicted molar refractivity (Wildman–Crippen MR) is 80.4 cm³/mol. The summed E-state index contributed by atoms with van der Waals surface area (Å²) in [6, 6.07) is 0. The van der Waals surface area contributed by atoms with E-state index in [2.05, 4.69) is 10.2 Å². The number of aromatic nitrogens is 2. The molecule has 3 fully saturated rings. The highest BCUT2D eigenvalue weighted by molar-refractivity contribution is 5.83. The van der Waals surface area contributed by atoms with Crippen LogP contribution in [0.4, 0.5) is 0 Å². The molecule has 7 nitrogen and oxygen atoms in total. The lowest BCUT2D eigenvalue weighted by molar-refractivity contribution is -0.148. The van der Waals surface area contributed by atoms with Crippen molar-refractivity contribution in [1.82, 2.24) is 20.0 Å². The topological polar surface area (TPSA) is 79.5 Å². The van der Waals surface area contributed by atoms with E-state index in [1.807, 2.05) is 11.8 Å². The van der Waals surface area contributed by atoms with Crippen molar-refractivity contribution in [2.75, 3.05) is 26.2 Å². The number of amides is 2. The van der Waals surface area contributed by atoms with Crippen molar-refractivity contribution in [2.24, 2.45) is 11.3 Å². The Kier molecular flexibility index (Phi) is 3.21. The molecule has 4 rings (SSSR count). The van der Waals surface area contributed by atoms with E-state index in [1.165, 1.54) is 0 Å². The van der Waals surface area contributed by atoms with Gasteiger partial charge < -0.3 is 14.2 Å². The van der Waals surface area contributed by atoms with Crippen molar-refractivity contribution in [1.29, 1.82) is 0 Å². The first kappa shape index (κ1) is 14.7. The first-order chi connectivity index (χ1) is 11.0. The SMILES string of the molecule is CC(=O)N1CC(C(=O)N2CCC3(CC2)CC3c2nnc(C)o2)C1. The minimum absolute atomic E-state index is 0.00143. The second kappa shape index (κ2) is 5.04. The van der Waals surface area contributed by atoms with Crippen LogP contribution in [0.25, 0.3) is 0 Å². The van der Waals surface area contributed by atoms with Crippen molar-refractivity contribution in [3.8, 4) is 0 Å². The Morgan fingerprint density at radius 2 is 1.87 bits per heavy atom. The van der Waals surface area contributed by atoms with Crippen molar-refractivity contribution < 1.29 is 14.0 Å². The fraction of sp³-hybridized carbons (Fsp3) is 0.750. The molecule has 0 bridgehead atoms. The number of carbonyl (C=O) groups is 2. The van der Waals surface area contributed by atoms with Crippen LogP contribution in [-0.4, -0.2) is 58.0 Å². The molecule has 1 saturated carbocycles. The first-order valence-corrected chi connectivity index (χ1v) is 8.33. The Balaban J connectivity index is 1.30. The lowest BCUT2D eigenvalue weighted by Crippen LogP contribution is -2.56. The summed E-state index contributed by atoms with van der Waals surface area (Å²) in [5.74, 6) is 2.03. The molecule has 23 heavy (non-hydrogen) atoms. The largest absolute Gasteiger partial charge is 0.425 e. The third-order valence-electron chi connectivity index (χ3n) is 5.78. The summed E-state index contributed by atoms with van der Waals surface area (Å²) < 4.78 is 5.57. The van der Waals surface area contributed by atoms with Gasteiger partial charge >= 0.3 is 0 Å². The Morgan fingerprint density at radius 1 is 1.17 bits per heavy atom. The van der Waals surface area contributed by atoms with Crippen molar-refractivity contribution in [3.63, 3.8) is 0 Å². The zero-order chi connectivity index (χ0) is 16.2. The second-order valence-corrected chi connectivity index (χ2v) is 7.22. The molecule has 2 amide bonds. The van der Waals surface area contributed by atoms with Gasteiger partial charge in [0.15, 0.2) is 0 Å². The number of hydrogen-bond donors (Lipinski definition) is 0. The standard InChI is InChI=1S/C16H22N4O3/c1-10-17-18-14(23-10)13-7-16(13)3-5-19(6-4-16)15(22)12-8-20(9-12)11(2)21/h12-13H,3-9H2,1-2H3. The highest BCUT2D eigenvalue weighted by Gasteiger charge is 2.58. The minimum atomic E-state index is 0.00143. The van der Waals surface area contributed by atoms with E-state index in [9.17, 15) is 9.59 Å². The molecule has 2 aliphatic heterocycles. The Bertz CT molecular complexity index is 642. The molecule has 124 valence electrons. The van der Waals surface area contributed by atoms with Gasteiger partial charge in [0.25, 0.3) is 0 Å². The zero-order valence-electron chi connectivity index (χ0n) is 13.6. The van der Waals surface area contributed by atoms with Gasteiger partial charge in [-0.25, -0.2) is 0 Å². The van der Waals surface area contributed by atoms with Gasteiger partial charge in [-0.1, -0.05) is 0 Å². The fourth-order valence-corrected chi connectivity index (χ4v) is 4.02. The summed E-state index contributed by atoms with van der Waals surface area (Å²) in [4.78, 5) is 27.4. The molecule has 3 heterocycles. The number of carbonyl (C=O) groups excluding carboxylic acids is 2. The smallest absolute Gasteiger partial charge is 0.229 e. The summed E-state index contributed by atoms with van der Waals surface area (Å²) in [6.07, 6.45) is 3.11. The number of nitrogens with zero attached hydrogens (tertiary/aromatic N) is 4. The van der Waals surface area contributed by atoms with Gasteiger partial charge in [0.05, 0.1) is 5.92 Å². The second-order valence-electron chi connectivity index (χ2n) is 7.22. The van der Waals surface area contributed by atoms with E-state index in [1.54, 1.807) is 11.8 Å². The third-order valence-corrected chi connectivity index (χ3v) is 5.78. The van der Waals surface area contributed by atoms with Crippen molar-refractivity contribution in [2.45, 2.75) is 39.0 Å². The minimum Gasteiger partial charge on any atom is -0.425 e. The number of hydrogen-bond acceptors (Lipinski definition) is 5. The molecule has 1 unspecified atom stereocenters. The monoisotopic (exact) mass is 318 g/mol. The number of rotatable bonds is 2. The fourth-order valence-electron chi connectivity index (χ4n) is 4.02. The van der Waals surface area contributed by atoms with Crippen LogP contribution in [0, 0.1) is 18.3 Å². The van der Waals surface area contributed by atoms with Gasteiger partial charge in [-0.3, -0.25) is 9.59 Å². The maximum Gasteiger partial charge on any atom is 0.229 e. The van der Waals surface area contributed by atoms with Crippen LogP contribution in [0.2, 0.25) is 0 Å². The maximum atomic E-state index is 12.5. The molecule has 0 N–H and O–H groups in total. The summed E-state index contributed by atoms with van der Waals surface area (Å²) in [5, 5.41) is 8.07. The van der Waals surface area contributed by atoms with Crippen molar-refractivity contribution in [3.05, 3.63) is 11.8 Å². The van der Waals surface area contributed by atoms with Crippen LogP contribution in [0.3, 0.4) is 0 Å². The molecule has 7 heteroatoms. The summed E-state index contributed by atoms with van der Waals surface area (Å²) in [5.41, 5.74) is 0.265. The quantitative estimate of drug-likeness (QED) is 0.811. The lowest BCUT2D eigenvalue weighted by atomic mass is 9.89. The summed E-state index contributed by atoms with van der Waals surface area (Å²) >= 11 is 0. The Morgan fingerprint density at radius 3 is 2.43 bits per heavy atom. The van der Waals surface area contributed by atoms with Gasteiger partial charge in [-0.2, -0.15) is 0 Å². The molecule has 1 aromatic heterocycles. The van der Waals surface area contributed by atoms with Gasteiger partial charge in [0.1, 0.15) is 0 Å². The van der Waals surface area contributed by atoms with Crippen LogP contribution in [0.5, 0.6) is 0 Å². The maximum absolute atomic E-state index is 12.5. The zero-order valence-corrected chi connectivity index (χ0v) is 13.6. The van der Waals surface area contributed by atoms with E-state index >= 15 is 0 Å². The van der Waals surface area contributed by atoms with Gasteiger partial charge in [-0.05, 0) is 24.7 Å². The molecule has 0 aromatic carbocycles. The Hall–Kier alpha value is -1.92. The van der Waals surface area contributed by atoms with E-state index < -0.39 is 0 Å². The van der Waals surface area contributed by atoms with Crippen LogP contribution in [-0.2, 0) is 9.59 Å². The molecule has 1 aromatic rings. The molecule has 1 atom stereocenters. The van der Waals surface area contributed by atoms with E-state index in [0.29, 0.717) is 24.9 Å². The van der Waals surface area contributed by atoms with E-state index in [0.717, 1.165) is 38.2 Å². The first-order valence-electron chi connectivity index (χ1n) is 8.33. The molecule has 2 saturated heterocycles. The van der Waals surface area contributed by atoms with Crippen LogP contribution >= 0.6 is 0 Å². The molecular weight excluding hydrogens is 296 g/mol. The number of piperidine rings is 1. The summed E-state index contributed by atoms with van der Waals surface area (Å²) in [7, 11) is 0. The molecule has 1 aliphatic carbocycles. The van der Waals surface area contributed by atoms with Crippen LogP contribution in [0.1, 0.15) is 43.9 Å². The average Bonchev–Trinajstić information content (AvgIpc) is 2.97. The Labute approximate surface area is 135 Å². The molecular formula is C16H22N4O3. The van der Waals surface area contributed by atoms with Gasteiger partial charge in [0.2, 0.25) is 23.6 Å². The lowest BCUT2D eigenvalue weighted by Gasteiger charge is -2.42. The number of likely N-dealkylation sites (tertiary alicyclic amines) is 2. The summed E-state index contributed by atoms with van der Waals surface area (Å²) in [6.45, 7) is 6.14. The average molecular weight is 318 g/mol. The van der Waals surface area contributed by atoms with Crippen LogP contribution < -0.4 is 0 Å². The van der Waals surface area contributed by atoms with Gasteiger partial charge in [-0.15, -0.1) is 10.2 Å².